The molecule has 1 saturated heterocycles. The lowest BCUT2D eigenvalue weighted by Crippen LogP contribution is -2.35. The predicted molar refractivity (Wildman–Crippen MR) is 105 cm³/mol. The smallest absolute Gasteiger partial charge is 0.347 e. The van der Waals surface area contributed by atoms with Crippen molar-refractivity contribution in [2.45, 2.75) is 46.1 Å². The third kappa shape index (κ3) is 3.61. The Hall–Kier alpha value is -2.84. The van der Waals surface area contributed by atoms with E-state index >= 15 is 0 Å². The van der Waals surface area contributed by atoms with Gasteiger partial charge in [0.1, 0.15) is 18.0 Å². The number of aromatic nitrogens is 2. The Bertz CT molecular complexity index is 983. The second kappa shape index (κ2) is 6.60. The maximum Gasteiger partial charge on any atom is 0.353 e. The maximum absolute atomic E-state index is 14.0. The predicted octanol–water partition coefficient (Wildman–Crippen LogP) is 4.81. The molecule has 2 aromatic rings. The van der Waals surface area contributed by atoms with Crippen LogP contribution in [0.25, 0.3) is 0 Å². The second-order valence-corrected chi connectivity index (χ2v) is 9.24. The lowest BCUT2D eigenvalue weighted by Gasteiger charge is -2.39. The van der Waals surface area contributed by atoms with E-state index in [1.165, 1.54) is 6.33 Å². The van der Waals surface area contributed by atoms with Crippen molar-refractivity contribution in [3.05, 3.63) is 46.3 Å². The number of nitrogens with one attached hydrogen (secondary N) is 1. The zero-order valence-corrected chi connectivity index (χ0v) is 16.6. The molecule has 1 aliphatic heterocycles. The van der Waals surface area contributed by atoms with E-state index in [1.54, 1.807) is 0 Å². The van der Waals surface area contributed by atoms with E-state index in [0.717, 1.165) is 37.5 Å². The van der Waals surface area contributed by atoms with Gasteiger partial charge in [0.15, 0.2) is 0 Å². The highest BCUT2D eigenvalue weighted by Crippen LogP contribution is 2.54. The van der Waals surface area contributed by atoms with Gasteiger partial charge in [-0.2, -0.15) is 0 Å². The zero-order chi connectivity index (χ0) is 21.0. The zero-order valence-electron chi connectivity index (χ0n) is 16.6. The van der Waals surface area contributed by atoms with Crippen LogP contribution in [-0.2, 0) is 0 Å². The second-order valence-electron chi connectivity index (χ2n) is 9.24. The molecule has 0 spiro atoms. The Morgan fingerprint density at radius 1 is 1.24 bits per heavy atom. The highest BCUT2D eigenvalue weighted by molar-refractivity contribution is 5.75. The molecular weight excluding hydrogens is 380 g/mol. The average Bonchev–Trinajstić information content (AvgIpc) is 2.86. The molecule has 1 aliphatic carbocycles. The number of hydrogen-bond donors (Lipinski definition) is 1. The number of benzene rings is 1. The molecule has 0 amide bonds. The van der Waals surface area contributed by atoms with Crippen LogP contribution in [0.2, 0.25) is 0 Å². The van der Waals surface area contributed by atoms with Crippen LogP contribution in [0, 0.1) is 32.6 Å². The van der Waals surface area contributed by atoms with Gasteiger partial charge in [-0.1, -0.05) is 20.8 Å². The van der Waals surface area contributed by atoms with Crippen LogP contribution >= 0.6 is 0 Å². The van der Waals surface area contributed by atoms with Crippen molar-refractivity contribution in [2.75, 3.05) is 16.8 Å². The molecule has 9 heteroatoms. The van der Waals surface area contributed by atoms with E-state index in [1.807, 2.05) is 4.90 Å². The lowest BCUT2D eigenvalue weighted by molar-refractivity contribution is -0.383. The molecule has 2 unspecified atom stereocenters. The van der Waals surface area contributed by atoms with Crippen LogP contribution in [0.15, 0.2) is 24.5 Å². The standard InChI is InChI=1S/C20H23F2N5O2/c1-19(2)7-13-8-20(3,9-19)10-26(13)18-16(27(28)29)17(23-11-24-18)25-15-6-12(21)4-5-14(15)22/h4-6,11,13H,7-10H2,1-3H3,(H,23,24,25). The fraction of sp³-hybridized carbons (Fsp3) is 0.500. The van der Waals surface area contributed by atoms with Gasteiger partial charge >= 0.3 is 5.69 Å². The molecule has 2 fully saturated rings. The Morgan fingerprint density at radius 3 is 2.72 bits per heavy atom. The molecule has 1 saturated carbocycles. The molecule has 7 nitrogen and oxygen atoms in total. The summed E-state index contributed by atoms with van der Waals surface area (Å²) in [4.78, 5) is 21.5. The summed E-state index contributed by atoms with van der Waals surface area (Å²) in [6.45, 7) is 7.30. The number of anilines is 3. The first-order chi connectivity index (χ1) is 13.6. The SMILES string of the molecule is CC1(C)CC2CC(C)(CN2c2ncnc(Nc3cc(F)ccc3F)c2[N+](=O)[O-])C1. The summed E-state index contributed by atoms with van der Waals surface area (Å²) in [5.41, 5.74) is -0.357. The van der Waals surface area contributed by atoms with E-state index in [-0.39, 0.29) is 39.9 Å². The van der Waals surface area contributed by atoms with Gasteiger partial charge in [-0.15, -0.1) is 0 Å². The lowest BCUT2D eigenvalue weighted by atomic mass is 9.65. The number of hydrogen-bond acceptors (Lipinski definition) is 6. The van der Waals surface area contributed by atoms with Crippen molar-refractivity contribution < 1.29 is 13.7 Å². The minimum atomic E-state index is -0.729. The van der Waals surface area contributed by atoms with Crippen LogP contribution < -0.4 is 10.2 Å². The van der Waals surface area contributed by atoms with Crippen LogP contribution in [-0.4, -0.2) is 27.5 Å². The van der Waals surface area contributed by atoms with Gasteiger partial charge in [-0.3, -0.25) is 10.1 Å². The number of nitrogens with zero attached hydrogens (tertiary/aromatic N) is 4. The molecule has 4 rings (SSSR count). The van der Waals surface area contributed by atoms with Crippen molar-refractivity contribution in [1.29, 1.82) is 0 Å². The largest absolute Gasteiger partial charge is 0.353 e. The fourth-order valence-corrected chi connectivity index (χ4v) is 5.27. The van der Waals surface area contributed by atoms with Gasteiger partial charge in [-0.25, -0.2) is 18.7 Å². The Labute approximate surface area is 167 Å². The fourth-order valence-electron chi connectivity index (χ4n) is 5.27. The Morgan fingerprint density at radius 2 is 2.00 bits per heavy atom. The Kier molecular flexibility index (Phi) is 4.43. The van der Waals surface area contributed by atoms with E-state index in [0.29, 0.717) is 6.54 Å². The van der Waals surface area contributed by atoms with Crippen molar-refractivity contribution >= 4 is 23.0 Å². The summed E-state index contributed by atoms with van der Waals surface area (Å²) in [6.07, 6.45) is 4.10. The van der Waals surface area contributed by atoms with Crippen LogP contribution in [0.4, 0.5) is 31.8 Å². The van der Waals surface area contributed by atoms with Crippen molar-refractivity contribution in [1.82, 2.24) is 9.97 Å². The monoisotopic (exact) mass is 403 g/mol. The summed E-state index contributed by atoms with van der Waals surface area (Å²) >= 11 is 0. The average molecular weight is 403 g/mol. The molecule has 29 heavy (non-hydrogen) atoms. The molecule has 2 atom stereocenters. The normalized spacial score (nSPS) is 25.1. The topological polar surface area (TPSA) is 84.2 Å². The van der Waals surface area contributed by atoms with Crippen LogP contribution in [0.3, 0.4) is 0 Å². The number of halogens is 2. The summed E-state index contributed by atoms with van der Waals surface area (Å²) < 4.78 is 27.6. The van der Waals surface area contributed by atoms with Gasteiger partial charge < -0.3 is 10.2 Å². The van der Waals surface area contributed by atoms with Crippen LogP contribution in [0.1, 0.15) is 40.0 Å². The number of nitro groups is 1. The number of rotatable bonds is 4. The van der Waals surface area contributed by atoms with E-state index in [4.69, 9.17) is 0 Å². The molecule has 154 valence electrons. The van der Waals surface area contributed by atoms with Gasteiger partial charge in [0.25, 0.3) is 0 Å². The summed E-state index contributed by atoms with van der Waals surface area (Å²) in [7, 11) is 0. The first-order valence-electron chi connectivity index (χ1n) is 9.55. The summed E-state index contributed by atoms with van der Waals surface area (Å²) in [6, 6.07) is 3.01. The van der Waals surface area contributed by atoms with Crippen LogP contribution in [0.5, 0.6) is 0 Å². The minimum absolute atomic E-state index is 0.0491. The minimum Gasteiger partial charge on any atom is -0.347 e. The molecule has 1 N–H and O–H groups in total. The third-order valence-electron chi connectivity index (χ3n) is 5.85. The van der Waals surface area contributed by atoms with E-state index in [2.05, 4.69) is 36.1 Å². The first kappa shape index (κ1) is 19.5. The third-order valence-corrected chi connectivity index (χ3v) is 5.85. The van der Waals surface area contributed by atoms with Crippen molar-refractivity contribution in [3.63, 3.8) is 0 Å². The maximum atomic E-state index is 14.0. The molecule has 0 radical (unpaired) electrons. The molecule has 1 aromatic carbocycles. The molecule has 2 heterocycles. The first-order valence-corrected chi connectivity index (χ1v) is 9.55. The van der Waals surface area contributed by atoms with Gasteiger partial charge in [-0.05, 0) is 42.2 Å². The quantitative estimate of drug-likeness (QED) is 0.582. The van der Waals surface area contributed by atoms with E-state index < -0.39 is 16.6 Å². The molecule has 2 bridgehead atoms. The summed E-state index contributed by atoms with van der Waals surface area (Å²) in [5, 5.41) is 14.5. The van der Waals surface area contributed by atoms with Crippen molar-refractivity contribution in [3.8, 4) is 0 Å². The van der Waals surface area contributed by atoms with Crippen molar-refractivity contribution in [2.24, 2.45) is 10.8 Å². The molecular formula is C20H23F2N5O2. The molecule has 2 aliphatic rings. The van der Waals surface area contributed by atoms with Gasteiger partial charge in [0.2, 0.25) is 11.6 Å². The Balaban J connectivity index is 1.75. The number of fused-ring (bicyclic) bond motifs is 2. The van der Waals surface area contributed by atoms with E-state index in [9.17, 15) is 18.9 Å². The highest BCUT2D eigenvalue weighted by Gasteiger charge is 2.51. The molecule has 1 aromatic heterocycles. The van der Waals surface area contributed by atoms with Gasteiger partial charge in [0.05, 0.1) is 10.6 Å². The summed E-state index contributed by atoms with van der Waals surface area (Å²) in [5.74, 6) is -1.33. The van der Waals surface area contributed by atoms with Gasteiger partial charge in [0, 0.05) is 18.7 Å². The highest BCUT2D eigenvalue weighted by atomic mass is 19.1.